The zero-order valence-corrected chi connectivity index (χ0v) is 25.5. The molecule has 0 aliphatic carbocycles. The van der Waals surface area contributed by atoms with Crippen LogP contribution in [0.5, 0.6) is 0 Å². The van der Waals surface area contributed by atoms with Crippen molar-refractivity contribution in [3.63, 3.8) is 0 Å². The predicted molar refractivity (Wildman–Crippen MR) is 167 cm³/mol. The molecular formula is C32H28F2N4O4S2. The van der Waals surface area contributed by atoms with Gasteiger partial charge in [-0.25, -0.2) is 13.7 Å². The van der Waals surface area contributed by atoms with Crippen LogP contribution in [0.2, 0.25) is 0 Å². The summed E-state index contributed by atoms with van der Waals surface area (Å²) >= 11 is 2.06. The number of thioether (sulfide) groups is 1. The Balaban J connectivity index is 1.41. The van der Waals surface area contributed by atoms with Gasteiger partial charge in [-0.1, -0.05) is 35.2 Å². The second-order valence-electron chi connectivity index (χ2n) is 10.5. The number of nitrogens with one attached hydrogen (secondary N) is 1. The number of hydrogen-bond donors (Lipinski definition) is 1. The molecule has 3 atom stereocenters. The van der Waals surface area contributed by atoms with Crippen molar-refractivity contribution in [1.29, 1.82) is 0 Å². The second kappa shape index (κ2) is 12.0. The molecule has 12 heteroatoms. The average molecular weight is 635 g/mol. The highest BCUT2D eigenvalue weighted by Crippen LogP contribution is 2.54. The third-order valence-electron chi connectivity index (χ3n) is 7.94. The molecule has 226 valence electrons. The van der Waals surface area contributed by atoms with E-state index in [1.54, 1.807) is 0 Å². The molecule has 2 aliphatic rings. The SMILES string of the molecule is CCN(CC)c1ccc([C@@H]2c3sc(=O)n(CC(=O)Nc4ccc(F)cc4)c3S[C@H]3C(=O)N(c4ccc(F)cc4)C(=O)[C@@H]23)cc1. The minimum atomic E-state index is -0.868. The smallest absolute Gasteiger partial charge is 0.308 e. The summed E-state index contributed by atoms with van der Waals surface area (Å²) in [6.07, 6.45) is 0. The van der Waals surface area contributed by atoms with Crippen molar-refractivity contribution in [2.24, 2.45) is 5.92 Å². The number of aromatic nitrogens is 1. The number of nitrogens with zero attached hydrogens (tertiary/aromatic N) is 3. The summed E-state index contributed by atoms with van der Waals surface area (Å²) in [5.74, 6) is -3.76. The normalized spacial score (nSPS) is 19.1. The number of anilines is 3. The van der Waals surface area contributed by atoms with Gasteiger partial charge < -0.3 is 10.2 Å². The highest BCUT2D eigenvalue weighted by Gasteiger charge is 2.56. The molecule has 3 amide bonds. The van der Waals surface area contributed by atoms with Gasteiger partial charge in [0.15, 0.2) is 0 Å². The molecule has 4 aromatic rings. The first-order chi connectivity index (χ1) is 21.2. The van der Waals surface area contributed by atoms with Gasteiger partial charge in [-0.2, -0.15) is 0 Å². The zero-order chi connectivity index (χ0) is 31.1. The van der Waals surface area contributed by atoms with Gasteiger partial charge in [-0.05, 0) is 80.1 Å². The maximum atomic E-state index is 14.0. The Bertz CT molecular complexity index is 1780. The quantitative estimate of drug-likeness (QED) is 0.259. The Hall–Kier alpha value is -4.29. The van der Waals surface area contributed by atoms with E-state index in [1.165, 1.54) is 53.1 Å². The van der Waals surface area contributed by atoms with Crippen molar-refractivity contribution in [2.45, 2.75) is 36.6 Å². The highest BCUT2D eigenvalue weighted by molar-refractivity contribution is 8.00. The van der Waals surface area contributed by atoms with Crippen LogP contribution in [0.1, 0.15) is 30.2 Å². The van der Waals surface area contributed by atoms with Crippen LogP contribution in [0.15, 0.2) is 82.6 Å². The Morgan fingerprint density at radius 1 is 0.864 bits per heavy atom. The molecule has 8 nitrogen and oxygen atoms in total. The summed E-state index contributed by atoms with van der Waals surface area (Å²) < 4.78 is 28.4. The van der Waals surface area contributed by atoms with Gasteiger partial charge in [0.25, 0.3) is 0 Å². The van der Waals surface area contributed by atoms with Gasteiger partial charge in [-0.15, -0.1) is 0 Å². The van der Waals surface area contributed by atoms with Crippen molar-refractivity contribution < 1.29 is 23.2 Å². The molecule has 3 heterocycles. The van der Waals surface area contributed by atoms with Crippen LogP contribution >= 0.6 is 23.1 Å². The van der Waals surface area contributed by atoms with Gasteiger partial charge in [0.05, 0.1) is 16.6 Å². The molecule has 0 radical (unpaired) electrons. The molecule has 6 rings (SSSR count). The molecule has 1 aromatic heterocycles. The van der Waals surface area contributed by atoms with Crippen LogP contribution in [-0.4, -0.2) is 40.6 Å². The molecule has 0 unspecified atom stereocenters. The maximum Gasteiger partial charge on any atom is 0.308 e. The van der Waals surface area contributed by atoms with Gasteiger partial charge >= 0.3 is 4.87 Å². The second-order valence-corrected chi connectivity index (χ2v) is 12.6. The van der Waals surface area contributed by atoms with E-state index in [-0.39, 0.29) is 12.2 Å². The van der Waals surface area contributed by atoms with Crippen LogP contribution in [0, 0.1) is 17.6 Å². The maximum absolute atomic E-state index is 14.0. The molecule has 44 heavy (non-hydrogen) atoms. The summed E-state index contributed by atoms with van der Waals surface area (Å²) in [5, 5.41) is 2.26. The van der Waals surface area contributed by atoms with Crippen molar-refractivity contribution in [3.8, 4) is 0 Å². The van der Waals surface area contributed by atoms with E-state index in [2.05, 4.69) is 24.1 Å². The topological polar surface area (TPSA) is 91.7 Å². The van der Waals surface area contributed by atoms with E-state index in [0.717, 1.165) is 52.3 Å². The first-order valence-electron chi connectivity index (χ1n) is 14.1. The van der Waals surface area contributed by atoms with E-state index in [1.807, 2.05) is 24.3 Å². The molecule has 1 N–H and O–H groups in total. The predicted octanol–water partition coefficient (Wildman–Crippen LogP) is 5.47. The van der Waals surface area contributed by atoms with Gasteiger partial charge in [0.1, 0.15) is 23.4 Å². The largest absolute Gasteiger partial charge is 0.372 e. The zero-order valence-electron chi connectivity index (χ0n) is 23.8. The number of hydrogen-bond acceptors (Lipinski definition) is 7. The van der Waals surface area contributed by atoms with Crippen LogP contribution in [0.4, 0.5) is 25.8 Å². The summed E-state index contributed by atoms with van der Waals surface area (Å²) in [6.45, 7) is 5.42. The number of carbonyl (C=O) groups excluding carboxylic acids is 3. The summed E-state index contributed by atoms with van der Waals surface area (Å²) in [5.41, 5.74) is 2.42. The third-order valence-corrected chi connectivity index (χ3v) is 10.5. The standard InChI is InChI=1S/C32H28F2N4O4S2/c1-3-36(4-2)22-13-5-18(6-14-22)25-26-27(30(41)38(29(26)40)23-15-9-20(34)10-16-23)43-31-28(25)44-32(42)37(31)17-24(39)35-21-11-7-19(33)8-12-21/h5-16,25-27H,3-4,17H2,1-2H3,(H,35,39)/t25-,26-,27+/m0/s1. The lowest BCUT2D eigenvalue weighted by atomic mass is 9.83. The Morgan fingerprint density at radius 2 is 1.48 bits per heavy atom. The van der Waals surface area contributed by atoms with Gasteiger partial charge in [0, 0.05) is 35.3 Å². The molecule has 3 aromatic carbocycles. The molecular weight excluding hydrogens is 607 g/mol. The lowest BCUT2D eigenvalue weighted by Gasteiger charge is -2.31. The molecule has 1 saturated heterocycles. The number of amides is 3. The number of rotatable bonds is 8. The lowest BCUT2D eigenvalue weighted by Crippen LogP contribution is -2.33. The van der Waals surface area contributed by atoms with Crippen LogP contribution in [0.25, 0.3) is 0 Å². The van der Waals surface area contributed by atoms with E-state index in [4.69, 9.17) is 0 Å². The summed E-state index contributed by atoms with van der Waals surface area (Å²) in [7, 11) is 0. The lowest BCUT2D eigenvalue weighted by molar-refractivity contribution is -0.122. The van der Waals surface area contributed by atoms with Crippen LogP contribution in [-0.2, 0) is 20.9 Å². The molecule has 1 fully saturated rings. The first kappa shape index (κ1) is 29.8. The van der Waals surface area contributed by atoms with Crippen molar-refractivity contribution in [2.75, 3.05) is 28.2 Å². The van der Waals surface area contributed by atoms with Gasteiger partial charge in [0.2, 0.25) is 17.7 Å². The van der Waals surface area contributed by atoms with E-state index in [0.29, 0.717) is 15.6 Å². The van der Waals surface area contributed by atoms with Gasteiger partial charge in [-0.3, -0.25) is 23.7 Å². The minimum Gasteiger partial charge on any atom is -0.372 e. The summed E-state index contributed by atoms with van der Waals surface area (Å²) in [4.78, 5) is 57.7. The minimum absolute atomic E-state index is 0.270. The fourth-order valence-corrected chi connectivity index (χ4v) is 8.59. The summed E-state index contributed by atoms with van der Waals surface area (Å²) in [6, 6.07) is 18.2. The molecule has 0 saturated carbocycles. The monoisotopic (exact) mass is 634 g/mol. The van der Waals surface area contributed by atoms with Crippen molar-refractivity contribution >= 4 is 57.9 Å². The van der Waals surface area contributed by atoms with Crippen LogP contribution in [0.3, 0.4) is 0 Å². The number of thiazole rings is 1. The molecule has 2 aliphatic heterocycles. The van der Waals surface area contributed by atoms with Crippen molar-refractivity contribution in [1.82, 2.24) is 4.57 Å². The Labute approximate surface area is 260 Å². The van der Waals surface area contributed by atoms with E-state index in [9.17, 15) is 28.0 Å². The van der Waals surface area contributed by atoms with Crippen molar-refractivity contribution in [3.05, 3.63) is 105 Å². The number of carbonyl (C=O) groups is 3. The van der Waals surface area contributed by atoms with E-state index >= 15 is 0 Å². The fraction of sp³-hybridized carbons (Fsp3) is 0.250. The number of benzene rings is 3. The van der Waals surface area contributed by atoms with Crippen LogP contribution < -0.4 is 20.0 Å². The average Bonchev–Trinajstić information content (AvgIpc) is 3.46. The Kier molecular flexibility index (Phi) is 8.12. The molecule has 0 spiro atoms. The number of imide groups is 1. The fourth-order valence-electron chi connectivity index (χ4n) is 5.82. The third kappa shape index (κ3) is 5.32. The number of halogens is 2. The number of fused-ring (bicyclic) bond motifs is 2. The Morgan fingerprint density at radius 3 is 2.09 bits per heavy atom. The highest BCUT2D eigenvalue weighted by atomic mass is 32.2. The van der Waals surface area contributed by atoms with E-state index < -0.39 is 51.3 Å². The first-order valence-corrected chi connectivity index (χ1v) is 15.8. The molecule has 0 bridgehead atoms.